The van der Waals surface area contributed by atoms with Crippen molar-refractivity contribution in [3.05, 3.63) is 53.7 Å². The van der Waals surface area contributed by atoms with Crippen LogP contribution in [0, 0.1) is 11.6 Å². The molecule has 0 spiro atoms. The zero-order valence-corrected chi connectivity index (χ0v) is 14.2. The van der Waals surface area contributed by atoms with E-state index >= 15 is 0 Å². The van der Waals surface area contributed by atoms with E-state index in [-0.39, 0.29) is 11.9 Å². The molecule has 0 radical (unpaired) electrons. The predicted molar refractivity (Wildman–Crippen MR) is 97.2 cm³/mol. The topological polar surface area (TPSA) is 44.3 Å². The number of aromatic nitrogens is 2. The van der Waals surface area contributed by atoms with Crippen LogP contribution in [0.3, 0.4) is 0 Å². The molecular weight excluding hydrogens is 336 g/mol. The fourth-order valence-corrected chi connectivity index (χ4v) is 3.80. The summed E-state index contributed by atoms with van der Waals surface area (Å²) >= 11 is 0. The Morgan fingerprint density at radius 1 is 1.19 bits per heavy atom. The molecule has 4 heterocycles. The minimum atomic E-state index is -0.395. The molecule has 0 amide bonds. The van der Waals surface area contributed by atoms with Crippen LogP contribution in [0.4, 0.5) is 26.0 Å². The number of benzene rings is 1. The first-order valence-electron chi connectivity index (χ1n) is 8.69. The van der Waals surface area contributed by atoms with E-state index < -0.39 is 5.82 Å². The lowest BCUT2D eigenvalue weighted by molar-refractivity contribution is 0.550. The number of hydrogen-bond acceptors (Lipinski definition) is 5. The number of nitrogens with one attached hydrogen (secondary N) is 1. The number of halogens is 2. The van der Waals surface area contributed by atoms with Crippen molar-refractivity contribution in [2.75, 3.05) is 28.4 Å². The number of rotatable bonds is 1. The second-order valence-electron chi connectivity index (χ2n) is 6.65. The third-order valence-electron chi connectivity index (χ3n) is 5.08. The van der Waals surface area contributed by atoms with E-state index in [1.54, 1.807) is 12.1 Å². The van der Waals surface area contributed by atoms with Gasteiger partial charge in [0.15, 0.2) is 5.82 Å². The van der Waals surface area contributed by atoms with Gasteiger partial charge in [0.1, 0.15) is 22.8 Å². The average molecular weight is 353 g/mol. The second kappa shape index (κ2) is 5.52. The van der Waals surface area contributed by atoms with Gasteiger partial charge in [-0.15, -0.1) is 0 Å². The molecule has 0 saturated carbocycles. The van der Waals surface area contributed by atoms with Gasteiger partial charge in [-0.1, -0.05) is 0 Å². The van der Waals surface area contributed by atoms with Gasteiger partial charge in [0.2, 0.25) is 0 Å². The fourth-order valence-electron chi connectivity index (χ4n) is 3.80. The van der Waals surface area contributed by atoms with E-state index in [0.717, 1.165) is 30.0 Å². The van der Waals surface area contributed by atoms with Crippen molar-refractivity contribution in [1.29, 1.82) is 0 Å². The summed E-state index contributed by atoms with van der Waals surface area (Å²) in [6.45, 7) is 3.39. The maximum Gasteiger partial charge on any atom is 0.166 e. The van der Waals surface area contributed by atoms with Gasteiger partial charge in [-0.25, -0.2) is 13.8 Å². The Morgan fingerprint density at radius 2 is 2.08 bits per heavy atom. The van der Waals surface area contributed by atoms with Crippen LogP contribution in [-0.4, -0.2) is 23.1 Å². The molecule has 1 N–H and O–H groups in total. The maximum atomic E-state index is 14.2. The SMILES string of the molecule is CC1c2cc(F)ccc2N1N1CCCNc2c(F)cnc3ccc1nc23. The Kier molecular flexibility index (Phi) is 3.25. The van der Waals surface area contributed by atoms with Crippen LogP contribution in [0.25, 0.3) is 11.0 Å². The number of hydrazine groups is 1. The second-order valence-corrected chi connectivity index (χ2v) is 6.65. The van der Waals surface area contributed by atoms with Gasteiger partial charge in [0, 0.05) is 18.7 Å². The minimum absolute atomic E-state index is 0.0528. The fraction of sp³-hybridized carbons (Fsp3) is 0.263. The molecule has 26 heavy (non-hydrogen) atoms. The highest BCUT2D eigenvalue weighted by Gasteiger charge is 2.36. The molecule has 5 nitrogen and oxygen atoms in total. The van der Waals surface area contributed by atoms with Gasteiger partial charge in [-0.2, -0.15) is 0 Å². The van der Waals surface area contributed by atoms with Crippen LogP contribution in [0.15, 0.2) is 36.5 Å². The zero-order valence-electron chi connectivity index (χ0n) is 14.2. The number of fused-ring (bicyclic) bond motifs is 2. The number of pyridine rings is 2. The normalized spacial score (nSPS) is 18.7. The Bertz CT molecular complexity index is 1020. The van der Waals surface area contributed by atoms with Gasteiger partial charge in [-0.3, -0.25) is 15.0 Å². The van der Waals surface area contributed by atoms with Crippen LogP contribution in [0.2, 0.25) is 0 Å². The molecule has 5 rings (SSSR count). The summed E-state index contributed by atoms with van der Waals surface area (Å²) in [5, 5.41) is 7.37. The maximum absolute atomic E-state index is 14.2. The number of nitrogens with zero attached hydrogens (tertiary/aromatic N) is 4. The summed E-state index contributed by atoms with van der Waals surface area (Å²) in [7, 11) is 0. The van der Waals surface area contributed by atoms with E-state index in [1.807, 2.05) is 19.1 Å². The number of hydrogen-bond donors (Lipinski definition) is 1. The van der Waals surface area contributed by atoms with Crippen molar-refractivity contribution in [2.24, 2.45) is 0 Å². The minimum Gasteiger partial charge on any atom is -0.381 e. The molecule has 0 fully saturated rings. The van der Waals surface area contributed by atoms with Crippen molar-refractivity contribution < 1.29 is 8.78 Å². The van der Waals surface area contributed by atoms with Gasteiger partial charge in [0.25, 0.3) is 0 Å². The van der Waals surface area contributed by atoms with Crippen LogP contribution >= 0.6 is 0 Å². The Morgan fingerprint density at radius 3 is 2.96 bits per heavy atom. The lowest BCUT2D eigenvalue weighted by Crippen LogP contribution is -2.51. The summed E-state index contributed by atoms with van der Waals surface area (Å²) in [5.74, 6) is 0.115. The molecule has 132 valence electrons. The third kappa shape index (κ3) is 2.13. The number of anilines is 3. The first-order valence-corrected chi connectivity index (χ1v) is 8.69. The van der Waals surface area contributed by atoms with Crippen molar-refractivity contribution in [3.8, 4) is 0 Å². The third-order valence-corrected chi connectivity index (χ3v) is 5.08. The first-order chi connectivity index (χ1) is 12.6. The largest absolute Gasteiger partial charge is 0.381 e. The molecule has 2 aliphatic heterocycles. The Labute approximate surface area is 149 Å². The standard InChI is InChI=1S/C19H17F2N5/c1-11-13-9-12(20)3-5-16(13)26(11)25-8-2-7-22-18-14(21)10-23-15-4-6-17(25)24-19(15)18/h3-6,9-11,22H,2,7-8H2,1H3. The van der Waals surface area contributed by atoms with E-state index in [4.69, 9.17) is 4.98 Å². The molecule has 7 heteroatoms. The van der Waals surface area contributed by atoms with Gasteiger partial charge < -0.3 is 5.32 Å². The highest BCUT2D eigenvalue weighted by Crippen LogP contribution is 2.45. The lowest BCUT2D eigenvalue weighted by Gasteiger charge is -2.49. The van der Waals surface area contributed by atoms with E-state index in [1.165, 1.54) is 12.3 Å². The van der Waals surface area contributed by atoms with Gasteiger partial charge in [0.05, 0.1) is 23.4 Å². The van der Waals surface area contributed by atoms with Crippen LogP contribution < -0.4 is 15.3 Å². The van der Waals surface area contributed by atoms with E-state index in [2.05, 4.69) is 20.3 Å². The molecule has 1 unspecified atom stereocenters. The molecule has 2 aliphatic rings. The lowest BCUT2D eigenvalue weighted by atomic mass is 9.96. The van der Waals surface area contributed by atoms with Crippen molar-refractivity contribution in [3.63, 3.8) is 0 Å². The van der Waals surface area contributed by atoms with E-state index in [0.29, 0.717) is 23.3 Å². The molecule has 2 aromatic heterocycles. The average Bonchev–Trinajstić information content (AvgIpc) is 2.72. The molecule has 1 aromatic carbocycles. The van der Waals surface area contributed by atoms with Crippen molar-refractivity contribution in [2.45, 2.75) is 19.4 Å². The summed E-state index contributed by atoms with van der Waals surface area (Å²) in [4.78, 5) is 8.82. The van der Waals surface area contributed by atoms with Crippen molar-refractivity contribution in [1.82, 2.24) is 9.97 Å². The summed E-state index contributed by atoms with van der Waals surface area (Å²) in [5.41, 5.74) is 3.54. The van der Waals surface area contributed by atoms with Crippen LogP contribution in [0.5, 0.6) is 0 Å². The van der Waals surface area contributed by atoms with Crippen molar-refractivity contribution >= 4 is 28.2 Å². The summed E-state index contributed by atoms with van der Waals surface area (Å²) in [6, 6.07) is 8.66. The Hall–Kier alpha value is -2.96. The molecule has 0 aliphatic carbocycles. The summed E-state index contributed by atoms with van der Waals surface area (Å²) < 4.78 is 27.7. The van der Waals surface area contributed by atoms with E-state index in [9.17, 15) is 8.78 Å². The molecular formula is C19H17F2N5. The Balaban J connectivity index is 1.63. The molecule has 1 atom stereocenters. The van der Waals surface area contributed by atoms with Crippen LogP contribution in [0.1, 0.15) is 24.9 Å². The predicted octanol–water partition coefficient (Wildman–Crippen LogP) is 4.03. The molecule has 2 bridgehead atoms. The smallest absolute Gasteiger partial charge is 0.166 e. The van der Waals surface area contributed by atoms with Gasteiger partial charge >= 0.3 is 0 Å². The highest BCUT2D eigenvalue weighted by atomic mass is 19.1. The van der Waals surface area contributed by atoms with Gasteiger partial charge in [-0.05, 0) is 43.7 Å². The monoisotopic (exact) mass is 353 g/mol. The summed E-state index contributed by atoms with van der Waals surface area (Å²) in [6.07, 6.45) is 2.03. The molecule has 3 aromatic rings. The molecule has 0 saturated heterocycles. The first kappa shape index (κ1) is 15.3. The highest BCUT2D eigenvalue weighted by molar-refractivity contribution is 5.89. The zero-order chi connectivity index (χ0) is 17.8. The van der Waals surface area contributed by atoms with Crippen LogP contribution in [-0.2, 0) is 0 Å². The quantitative estimate of drug-likeness (QED) is 0.716.